The van der Waals surface area contributed by atoms with Gasteiger partial charge in [-0.2, -0.15) is 0 Å². The first-order valence-corrected chi connectivity index (χ1v) is 8.08. The van der Waals surface area contributed by atoms with Gasteiger partial charge in [0.2, 0.25) is 0 Å². The van der Waals surface area contributed by atoms with Crippen molar-refractivity contribution in [3.63, 3.8) is 0 Å². The van der Waals surface area contributed by atoms with Crippen LogP contribution in [-0.4, -0.2) is 24.6 Å². The van der Waals surface area contributed by atoms with Crippen LogP contribution in [0.5, 0.6) is 5.75 Å². The van der Waals surface area contributed by atoms with Crippen LogP contribution in [0.15, 0.2) is 48.7 Å². The van der Waals surface area contributed by atoms with E-state index in [0.29, 0.717) is 12.3 Å². The molecule has 0 aliphatic carbocycles. The number of benzene rings is 2. The topological polar surface area (TPSA) is 37.0 Å². The summed E-state index contributed by atoms with van der Waals surface area (Å²) in [7, 11) is 0. The summed E-state index contributed by atoms with van der Waals surface area (Å²) in [6.07, 6.45) is 0.212. The Kier molecular flexibility index (Phi) is 5.60. The lowest BCUT2D eigenvalue weighted by Crippen LogP contribution is -2.16. The fourth-order valence-electron chi connectivity index (χ4n) is 2.73. The molecule has 0 radical (unpaired) electrons. The molecule has 0 aliphatic rings. The van der Waals surface area contributed by atoms with Crippen molar-refractivity contribution >= 4 is 10.9 Å². The molecule has 0 fully saturated rings. The van der Waals surface area contributed by atoms with Gasteiger partial charge in [-0.15, -0.1) is 0 Å². The summed E-state index contributed by atoms with van der Waals surface area (Å²) < 4.78 is 42.6. The smallest absolute Gasteiger partial charge is 0.272 e. The Labute approximate surface area is 143 Å². The molecule has 1 aromatic heterocycles. The van der Waals surface area contributed by atoms with E-state index < -0.39 is 13.0 Å². The maximum atomic E-state index is 13.2. The molecule has 6 heteroatoms. The lowest BCUT2D eigenvalue weighted by molar-refractivity contribution is 0.0818. The Morgan fingerprint density at radius 2 is 2.00 bits per heavy atom. The first-order chi connectivity index (χ1) is 12.1. The number of nitrogens with one attached hydrogen (secondary N) is 2. The molecule has 2 aromatic carbocycles. The lowest BCUT2D eigenvalue weighted by Gasteiger charge is -2.08. The number of aromatic nitrogens is 1. The summed E-state index contributed by atoms with van der Waals surface area (Å²) in [4.78, 5) is 3.07. The van der Waals surface area contributed by atoms with E-state index in [-0.39, 0.29) is 5.82 Å². The van der Waals surface area contributed by atoms with Crippen LogP contribution in [-0.2, 0) is 13.0 Å². The molecule has 25 heavy (non-hydrogen) atoms. The highest BCUT2D eigenvalue weighted by Gasteiger charge is 2.06. The van der Waals surface area contributed by atoms with Gasteiger partial charge in [0.25, 0.3) is 6.43 Å². The first kappa shape index (κ1) is 17.4. The van der Waals surface area contributed by atoms with Crippen LogP contribution in [0.1, 0.15) is 11.1 Å². The van der Waals surface area contributed by atoms with Gasteiger partial charge < -0.3 is 15.0 Å². The lowest BCUT2D eigenvalue weighted by atomic mass is 10.1. The molecular weight excluding hydrogens is 329 g/mol. The summed E-state index contributed by atoms with van der Waals surface area (Å²) in [6, 6.07) is 11.8. The maximum absolute atomic E-state index is 13.2. The zero-order valence-corrected chi connectivity index (χ0v) is 13.6. The first-order valence-electron chi connectivity index (χ1n) is 8.08. The summed E-state index contributed by atoms with van der Waals surface area (Å²) in [5.41, 5.74) is 2.88. The predicted molar refractivity (Wildman–Crippen MR) is 91.6 cm³/mol. The van der Waals surface area contributed by atoms with Crippen LogP contribution < -0.4 is 10.1 Å². The largest absolute Gasteiger partial charge is 0.488 e. The predicted octanol–water partition coefficient (Wildman–Crippen LogP) is 4.28. The third-order valence-corrected chi connectivity index (χ3v) is 3.90. The number of aromatic amines is 1. The number of H-pyrrole nitrogens is 1. The molecule has 132 valence electrons. The van der Waals surface area contributed by atoms with Crippen molar-refractivity contribution in [3.05, 3.63) is 65.6 Å². The fourth-order valence-corrected chi connectivity index (χ4v) is 2.73. The van der Waals surface area contributed by atoms with Crippen molar-refractivity contribution in [2.45, 2.75) is 19.4 Å². The normalized spacial score (nSPS) is 11.4. The van der Waals surface area contributed by atoms with Crippen molar-refractivity contribution in [2.75, 3.05) is 13.2 Å². The van der Waals surface area contributed by atoms with Crippen LogP contribution in [0.3, 0.4) is 0 Å². The zero-order chi connectivity index (χ0) is 17.6. The third-order valence-electron chi connectivity index (χ3n) is 3.90. The number of hydrogen-bond donors (Lipinski definition) is 2. The molecular formula is C19H19F3N2O. The number of alkyl halides is 2. The highest BCUT2D eigenvalue weighted by Crippen LogP contribution is 2.19. The van der Waals surface area contributed by atoms with Gasteiger partial charge >= 0.3 is 0 Å². The van der Waals surface area contributed by atoms with Gasteiger partial charge in [0, 0.05) is 23.6 Å². The number of rotatable bonds is 8. The second-order valence-electron chi connectivity index (χ2n) is 5.78. The van der Waals surface area contributed by atoms with Gasteiger partial charge in [0.15, 0.2) is 0 Å². The van der Waals surface area contributed by atoms with Crippen molar-refractivity contribution in [2.24, 2.45) is 0 Å². The molecule has 0 unspecified atom stereocenters. The van der Waals surface area contributed by atoms with E-state index in [2.05, 4.69) is 10.3 Å². The minimum atomic E-state index is -2.48. The van der Waals surface area contributed by atoms with Crippen LogP contribution >= 0.6 is 0 Å². The van der Waals surface area contributed by atoms with E-state index in [1.54, 1.807) is 24.3 Å². The fraction of sp³-hybridized carbons (Fsp3) is 0.263. The standard InChI is InChI=1S/C19H19F3N2O/c20-15-4-5-17-14(11-24-18(17)9-15)6-7-23-10-13-2-1-3-16(8-13)25-12-19(21)22/h1-5,8-9,11,19,23-24H,6-7,10,12H2. The average molecular weight is 348 g/mol. The summed E-state index contributed by atoms with van der Waals surface area (Å²) >= 11 is 0. The molecule has 1 heterocycles. The molecule has 0 amide bonds. The summed E-state index contributed by atoms with van der Waals surface area (Å²) in [5, 5.41) is 4.34. The number of fused-ring (bicyclic) bond motifs is 1. The highest BCUT2D eigenvalue weighted by molar-refractivity contribution is 5.83. The van der Waals surface area contributed by atoms with Crippen molar-refractivity contribution in [1.29, 1.82) is 0 Å². The quantitative estimate of drug-likeness (QED) is 0.596. The van der Waals surface area contributed by atoms with E-state index in [9.17, 15) is 13.2 Å². The van der Waals surface area contributed by atoms with E-state index in [1.165, 1.54) is 12.1 Å². The molecule has 2 N–H and O–H groups in total. The minimum Gasteiger partial charge on any atom is -0.488 e. The molecule has 3 nitrogen and oxygen atoms in total. The molecule has 3 rings (SSSR count). The third kappa shape index (κ3) is 4.76. The molecule has 0 bridgehead atoms. The summed E-state index contributed by atoms with van der Waals surface area (Å²) in [6.45, 7) is 0.757. The van der Waals surface area contributed by atoms with Gasteiger partial charge in [-0.05, 0) is 54.4 Å². The van der Waals surface area contributed by atoms with Crippen LogP contribution in [0.25, 0.3) is 10.9 Å². The second-order valence-corrected chi connectivity index (χ2v) is 5.78. The number of ether oxygens (including phenoxy) is 1. The molecule has 0 spiro atoms. The average Bonchev–Trinajstić information content (AvgIpc) is 2.99. The van der Waals surface area contributed by atoms with Gasteiger partial charge in [-0.1, -0.05) is 12.1 Å². The summed E-state index contributed by atoms with van der Waals surface area (Å²) in [5.74, 6) is 0.186. The van der Waals surface area contributed by atoms with Crippen LogP contribution in [0, 0.1) is 5.82 Å². The second kappa shape index (κ2) is 8.07. The highest BCUT2D eigenvalue weighted by atomic mass is 19.3. The van der Waals surface area contributed by atoms with Crippen LogP contribution in [0.2, 0.25) is 0 Å². The van der Waals surface area contributed by atoms with Crippen LogP contribution in [0.4, 0.5) is 13.2 Å². The molecule has 0 aliphatic heterocycles. The van der Waals surface area contributed by atoms with Crippen molar-refractivity contribution < 1.29 is 17.9 Å². The van der Waals surface area contributed by atoms with Gasteiger partial charge in [-0.25, -0.2) is 13.2 Å². The van der Waals surface area contributed by atoms with E-state index in [0.717, 1.165) is 35.0 Å². The van der Waals surface area contributed by atoms with Gasteiger partial charge in [-0.3, -0.25) is 0 Å². The molecule has 3 aromatic rings. The van der Waals surface area contributed by atoms with E-state index >= 15 is 0 Å². The zero-order valence-electron chi connectivity index (χ0n) is 13.6. The molecule has 0 saturated heterocycles. The Bertz CT molecular complexity index is 832. The van der Waals surface area contributed by atoms with Gasteiger partial charge in [0.1, 0.15) is 18.2 Å². The maximum Gasteiger partial charge on any atom is 0.272 e. The molecule has 0 saturated carbocycles. The monoisotopic (exact) mass is 348 g/mol. The Balaban J connectivity index is 1.50. The minimum absolute atomic E-state index is 0.257. The van der Waals surface area contributed by atoms with Gasteiger partial charge in [0.05, 0.1) is 0 Å². The SMILES string of the molecule is Fc1ccc2c(CCNCc3cccc(OCC(F)F)c3)c[nH]c2c1. The van der Waals surface area contributed by atoms with E-state index in [1.807, 2.05) is 12.3 Å². The van der Waals surface area contributed by atoms with Crippen molar-refractivity contribution in [1.82, 2.24) is 10.3 Å². The number of hydrogen-bond acceptors (Lipinski definition) is 2. The van der Waals surface area contributed by atoms with E-state index in [4.69, 9.17) is 4.74 Å². The Morgan fingerprint density at radius 1 is 1.12 bits per heavy atom. The number of halogens is 3. The Morgan fingerprint density at radius 3 is 2.84 bits per heavy atom. The molecule has 0 atom stereocenters. The van der Waals surface area contributed by atoms with Crippen molar-refractivity contribution in [3.8, 4) is 5.75 Å². The Hall–Kier alpha value is -2.47.